The summed E-state index contributed by atoms with van der Waals surface area (Å²) in [5, 5.41) is 7.29. The molecule has 9 heteroatoms. The van der Waals surface area contributed by atoms with Crippen molar-refractivity contribution >= 4 is 31.9 Å². The van der Waals surface area contributed by atoms with Crippen LogP contribution in [0.15, 0.2) is 15.4 Å². The van der Waals surface area contributed by atoms with E-state index in [0.717, 1.165) is 0 Å². The Kier molecular flexibility index (Phi) is 3.87. The highest BCUT2D eigenvalue weighted by Crippen LogP contribution is 2.31. The molecule has 0 heterocycles. The predicted octanol–water partition coefficient (Wildman–Crippen LogP) is 1.51. The highest BCUT2D eigenvalue weighted by molar-refractivity contribution is 9.10. The fraction of sp³-hybridized carbons (Fsp3) is 0.364. The quantitative estimate of drug-likeness (QED) is 0.847. The fourth-order valence-electron chi connectivity index (χ4n) is 1.80. The molecule has 0 spiro atoms. The molecule has 0 aliphatic heterocycles. The molecule has 0 saturated heterocycles. The van der Waals surface area contributed by atoms with E-state index in [-0.39, 0.29) is 16.4 Å². The van der Waals surface area contributed by atoms with Crippen LogP contribution in [0.25, 0.3) is 0 Å². The van der Waals surface area contributed by atoms with Crippen LogP contribution in [0.1, 0.15) is 23.7 Å². The molecular formula is C11H11BrF2N2O3S. The monoisotopic (exact) mass is 368 g/mol. The van der Waals surface area contributed by atoms with Crippen molar-refractivity contribution in [3.05, 3.63) is 27.7 Å². The summed E-state index contributed by atoms with van der Waals surface area (Å²) in [7, 11) is -4.43. The minimum atomic E-state index is -4.43. The molecule has 2 rings (SSSR count). The van der Waals surface area contributed by atoms with E-state index in [4.69, 9.17) is 5.14 Å². The van der Waals surface area contributed by atoms with Crippen molar-refractivity contribution < 1.29 is 22.0 Å². The van der Waals surface area contributed by atoms with E-state index in [1.807, 2.05) is 6.92 Å². The number of benzene rings is 1. The van der Waals surface area contributed by atoms with Gasteiger partial charge in [-0.2, -0.15) is 0 Å². The lowest BCUT2D eigenvalue weighted by molar-refractivity contribution is 0.0940. The Balaban J connectivity index is 2.50. The van der Waals surface area contributed by atoms with Crippen molar-refractivity contribution in [1.82, 2.24) is 5.32 Å². The molecule has 1 fully saturated rings. The lowest BCUT2D eigenvalue weighted by Crippen LogP contribution is -2.29. The zero-order valence-corrected chi connectivity index (χ0v) is 12.7. The van der Waals surface area contributed by atoms with Gasteiger partial charge in [0.15, 0.2) is 5.82 Å². The minimum absolute atomic E-state index is 0.150. The Morgan fingerprint density at radius 2 is 2.05 bits per heavy atom. The first kappa shape index (κ1) is 15.3. The summed E-state index contributed by atoms with van der Waals surface area (Å²) in [6, 6.07) is 0.552. The van der Waals surface area contributed by atoms with E-state index >= 15 is 0 Å². The maximum Gasteiger partial charge on any atom is 0.257 e. The van der Waals surface area contributed by atoms with Crippen molar-refractivity contribution in [3.63, 3.8) is 0 Å². The Labute approximate surface area is 122 Å². The second kappa shape index (κ2) is 5.05. The van der Waals surface area contributed by atoms with Gasteiger partial charge >= 0.3 is 0 Å². The summed E-state index contributed by atoms with van der Waals surface area (Å²) in [6.45, 7) is 1.87. The van der Waals surface area contributed by atoms with E-state index in [0.29, 0.717) is 12.5 Å². The molecule has 0 bridgehead atoms. The van der Waals surface area contributed by atoms with Crippen LogP contribution in [0.3, 0.4) is 0 Å². The van der Waals surface area contributed by atoms with Crippen molar-refractivity contribution in [2.45, 2.75) is 24.3 Å². The number of carbonyl (C=O) groups excluding carboxylic acids is 1. The molecule has 20 heavy (non-hydrogen) atoms. The van der Waals surface area contributed by atoms with E-state index in [1.54, 1.807) is 0 Å². The van der Waals surface area contributed by atoms with Gasteiger partial charge in [0.2, 0.25) is 10.0 Å². The Hall–Kier alpha value is -1.06. The Morgan fingerprint density at radius 1 is 1.50 bits per heavy atom. The smallest absolute Gasteiger partial charge is 0.257 e. The molecule has 1 saturated carbocycles. The molecule has 1 amide bonds. The molecule has 2 atom stereocenters. The molecule has 2 unspecified atom stereocenters. The second-order valence-electron chi connectivity index (χ2n) is 4.70. The van der Waals surface area contributed by atoms with Gasteiger partial charge < -0.3 is 5.32 Å². The van der Waals surface area contributed by atoms with Crippen molar-refractivity contribution in [2.75, 3.05) is 0 Å². The van der Waals surface area contributed by atoms with Crippen molar-refractivity contribution in [3.8, 4) is 0 Å². The maximum atomic E-state index is 14.1. The second-order valence-corrected chi connectivity index (χ2v) is 7.05. The molecule has 1 aromatic carbocycles. The van der Waals surface area contributed by atoms with Gasteiger partial charge in [0.1, 0.15) is 16.3 Å². The van der Waals surface area contributed by atoms with E-state index < -0.39 is 38.0 Å². The molecule has 3 N–H and O–H groups in total. The van der Waals surface area contributed by atoms with Crippen LogP contribution in [0.5, 0.6) is 0 Å². The number of carbonyl (C=O) groups is 1. The number of rotatable bonds is 3. The van der Waals surface area contributed by atoms with Crippen molar-refractivity contribution in [1.29, 1.82) is 0 Å². The molecule has 1 aliphatic carbocycles. The Bertz CT molecular complexity index is 693. The third-order valence-electron chi connectivity index (χ3n) is 3.07. The molecule has 110 valence electrons. The minimum Gasteiger partial charge on any atom is -0.349 e. The van der Waals surface area contributed by atoms with Crippen LogP contribution in [0.4, 0.5) is 8.78 Å². The van der Waals surface area contributed by atoms with Gasteiger partial charge in [0, 0.05) is 10.5 Å². The van der Waals surface area contributed by atoms with E-state index in [9.17, 15) is 22.0 Å². The summed E-state index contributed by atoms with van der Waals surface area (Å²) < 4.78 is 50.1. The first-order chi connectivity index (χ1) is 9.12. The van der Waals surface area contributed by atoms with Gasteiger partial charge in [0.25, 0.3) is 5.91 Å². The molecule has 0 aromatic heterocycles. The summed E-state index contributed by atoms with van der Waals surface area (Å²) in [6.07, 6.45) is 0.716. The lowest BCUT2D eigenvalue weighted by Gasteiger charge is -2.10. The largest absolute Gasteiger partial charge is 0.349 e. The average molecular weight is 369 g/mol. The zero-order valence-electron chi connectivity index (χ0n) is 10.3. The molecule has 5 nitrogen and oxygen atoms in total. The topological polar surface area (TPSA) is 89.3 Å². The number of nitrogens with one attached hydrogen (secondary N) is 1. The summed E-state index contributed by atoms with van der Waals surface area (Å²) >= 11 is 2.72. The van der Waals surface area contributed by atoms with Crippen LogP contribution in [-0.2, 0) is 10.0 Å². The normalized spacial score (nSPS) is 21.6. The summed E-state index contributed by atoms with van der Waals surface area (Å²) in [5.74, 6) is -3.41. The maximum absolute atomic E-state index is 14.1. The van der Waals surface area contributed by atoms with Gasteiger partial charge in [-0.3, -0.25) is 4.79 Å². The van der Waals surface area contributed by atoms with E-state index in [1.165, 1.54) is 0 Å². The van der Waals surface area contributed by atoms with Gasteiger partial charge in [-0.05, 0) is 34.3 Å². The highest BCUT2D eigenvalue weighted by Gasteiger charge is 2.36. The average Bonchev–Trinajstić information content (AvgIpc) is 2.90. The number of nitrogens with two attached hydrogens (primary N) is 1. The number of sulfonamides is 1. The van der Waals surface area contributed by atoms with Crippen LogP contribution < -0.4 is 10.5 Å². The zero-order chi connectivity index (χ0) is 15.2. The van der Waals surface area contributed by atoms with Crippen LogP contribution >= 0.6 is 15.9 Å². The first-order valence-electron chi connectivity index (χ1n) is 5.64. The number of amides is 1. The molecular weight excluding hydrogens is 358 g/mol. The number of hydrogen-bond donors (Lipinski definition) is 2. The third kappa shape index (κ3) is 2.84. The number of primary sulfonamides is 1. The first-order valence-corrected chi connectivity index (χ1v) is 7.98. The predicted molar refractivity (Wildman–Crippen MR) is 70.5 cm³/mol. The Morgan fingerprint density at radius 3 is 2.50 bits per heavy atom. The standard InChI is InChI=1S/C11H11BrF2N2O3S/c1-4-2-7(4)16-11(17)8-6(13)3-5(12)10(9(8)14)20(15,18)19/h3-4,7H,2H2,1H3,(H,16,17)(H2,15,18,19). The van der Waals surface area contributed by atoms with Crippen LogP contribution in [0.2, 0.25) is 0 Å². The van der Waals surface area contributed by atoms with Gasteiger partial charge in [0.05, 0.1) is 0 Å². The van der Waals surface area contributed by atoms with E-state index in [2.05, 4.69) is 21.2 Å². The van der Waals surface area contributed by atoms with Gasteiger partial charge in [-0.15, -0.1) is 0 Å². The SMILES string of the molecule is CC1CC1NC(=O)c1c(F)cc(Br)c(S(N)(=O)=O)c1F. The van der Waals surface area contributed by atoms with Crippen LogP contribution in [-0.4, -0.2) is 20.4 Å². The fourth-order valence-corrected chi connectivity index (χ4v) is 3.54. The highest BCUT2D eigenvalue weighted by atomic mass is 79.9. The van der Waals surface area contributed by atoms with Gasteiger partial charge in [-0.1, -0.05) is 6.92 Å². The number of hydrogen-bond acceptors (Lipinski definition) is 3. The number of halogens is 3. The summed E-state index contributed by atoms with van der Waals surface area (Å²) in [4.78, 5) is 10.9. The summed E-state index contributed by atoms with van der Waals surface area (Å²) in [5.41, 5.74) is -0.948. The van der Waals surface area contributed by atoms with Crippen molar-refractivity contribution in [2.24, 2.45) is 11.1 Å². The third-order valence-corrected chi connectivity index (χ3v) is 4.92. The lowest BCUT2D eigenvalue weighted by atomic mass is 10.2. The molecule has 1 aromatic rings. The van der Waals surface area contributed by atoms with Crippen LogP contribution in [0, 0.1) is 17.6 Å². The molecule has 1 aliphatic rings. The molecule has 0 radical (unpaired) electrons. The van der Waals surface area contributed by atoms with Gasteiger partial charge in [-0.25, -0.2) is 22.3 Å².